The van der Waals surface area contributed by atoms with Gasteiger partial charge in [-0.1, -0.05) is 50.5 Å². The Morgan fingerprint density at radius 1 is 1.10 bits per heavy atom. The molecule has 0 spiro atoms. The summed E-state index contributed by atoms with van der Waals surface area (Å²) in [6.45, 7) is 2.31. The van der Waals surface area contributed by atoms with Gasteiger partial charge in [-0.15, -0.1) is 11.8 Å². The summed E-state index contributed by atoms with van der Waals surface area (Å²) >= 11 is 2.01. The second kappa shape index (κ2) is 6.09. The average molecular weight is 286 g/mol. The Balaban J connectivity index is 1.86. The zero-order valence-electron chi connectivity index (χ0n) is 12.0. The Hall–Kier alpha value is -1.15. The number of fused-ring (bicyclic) bond motifs is 1. The highest BCUT2D eigenvalue weighted by Gasteiger charge is 2.22. The molecular weight excluding hydrogens is 264 g/mol. The third-order valence-corrected chi connectivity index (χ3v) is 5.84. The van der Waals surface area contributed by atoms with Crippen molar-refractivity contribution in [3.05, 3.63) is 36.4 Å². The molecule has 0 aromatic heterocycles. The molecule has 2 aromatic carbocycles. The van der Waals surface area contributed by atoms with Crippen LogP contribution in [-0.4, -0.2) is 10.4 Å². The van der Waals surface area contributed by atoms with Crippen molar-refractivity contribution < 1.29 is 5.11 Å². The van der Waals surface area contributed by atoms with Crippen LogP contribution in [0.5, 0.6) is 5.75 Å². The molecule has 2 unspecified atom stereocenters. The number of thioether (sulfide) groups is 1. The zero-order chi connectivity index (χ0) is 13.9. The van der Waals surface area contributed by atoms with Gasteiger partial charge in [-0.05, 0) is 36.3 Å². The van der Waals surface area contributed by atoms with E-state index in [4.69, 9.17) is 0 Å². The summed E-state index contributed by atoms with van der Waals surface area (Å²) in [7, 11) is 0. The highest BCUT2D eigenvalue weighted by atomic mass is 32.2. The van der Waals surface area contributed by atoms with Crippen LogP contribution in [-0.2, 0) is 0 Å². The molecule has 0 bridgehead atoms. The van der Waals surface area contributed by atoms with Gasteiger partial charge in [-0.2, -0.15) is 0 Å². The Labute approximate surface area is 125 Å². The summed E-state index contributed by atoms with van der Waals surface area (Å²) in [5.74, 6) is 1.30. The topological polar surface area (TPSA) is 20.2 Å². The number of hydrogen-bond donors (Lipinski definition) is 1. The minimum absolute atomic E-state index is 0.389. The van der Waals surface area contributed by atoms with Crippen LogP contribution in [0, 0.1) is 5.92 Å². The molecule has 2 atom stereocenters. The summed E-state index contributed by atoms with van der Waals surface area (Å²) in [4.78, 5) is 1.32. The van der Waals surface area contributed by atoms with Crippen LogP contribution in [0.15, 0.2) is 41.3 Å². The van der Waals surface area contributed by atoms with Gasteiger partial charge in [0, 0.05) is 15.5 Å². The lowest BCUT2D eigenvalue weighted by molar-refractivity contribution is 0.357. The van der Waals surface area contributed by atoms with E-state index < -0.39 is 0 Å². The predicted molar refractivity (Wildman–Crippen MR) is 87.5 cm³/mol. The molecule has 1 saturated carbocycles. The molecule has 0 heterocycles. The maximum atomic E-state index is 9.97. The lowest BCUT2D eigenvalue weighted by Crippen LogP contribution is -2.16. The largest absolute Gasteiger partial charge is 0.507 e. The van der Waals surface area contributed by atoms with E-state index in [1.807, 2.05) is 30.0 Å². The van der Waals surface area contributed by atoms with Gasteiger partial charge in [0.1, 0.15) is 5.75 Å². The maximum absolute atomic E-state index is 9.97. The lowest BCUT2D eigenvalue weighted by atomic mass is 9.87. The summed E-state index contributed by atoms with van der Waals surface area (Å²) in [6.07, 6.45) is 6.76. The van der Waals surface area contributed by atoms with E-state index in [1.165, 1.54) is 42.4 Å². The van der Waals surface area contributed by atoms with Crippen molar-refractivity contribution in [1.82, 2.24) is 0 Å². The normalized spacial score (nSPS) is 23.1. The van der Waals surface area contributed by atoms with Crippen LogP contribution in [0.2, 0.25) is 0 Å². The molecule has 0 amide bonds. The second-order valence-corrected chi connectivity index (χ2v) is 7.15. The van der Waals surface area contributed by atoms with Crippen LogP contribution in [0.4, 0.5) is 0 Å². The Morgan fingerprint density at radius 3 is 2.70 bits per heavy atom. The van der Waals surface area contributed by atoms with Gasteiger partial charge in [-0.25, -0.2) is 0 Å². The van der Waals surface area contributed by atoms with Crippen molar-refractivity contribution in [2.75, 3.05) is 0 Å². The first-order chi connectivity index (χ1) is 9.78. The second-order valence-electron chi connectivity index (χ2n) is 5.81. The van der Waals surface area contributed by atoms with Gasteiger partial charge in [0.2, 0.25) is 0 Å². The maximum Gasteiger partial charge on any atom is 0.123 e. The average Bonchev–Trinajstić information content (AvgIpc) is 2.51. The molecule has 1 N–H and O–H groups in total. The van der Waals surface area contributed by atoms with E-state index in [9.17, 15) is 5.11 Å². The van der Waals surface area contributed by atoms with Crippen LogP contribution < -0.4 is 0 Å². The molecule has 0 radical (unpaired) electrons. The quantitative estimate of drug-likeness (QED) is 0.791. The third kappa shape index (κ3) is 2.80. The van der Waals surface area contributed by atoms with Crippen molar-refractivity contribution in [1.29, 1.82) is 0 Å². The molecule has 0 aliphatic heterocycles. The zero-order valence-corrected chi connectivity index (χ0v) is 12.8. The van der Waals surface area contributed by atoms with E-state index >= 15 is 0 Å². The monoisotopic (exact) mass is 286 g/mol. The summed E-state index contributed by atoms with van der Waals surface area (Å²) in [5.41, 5.74) is 0. The van der Waals surface area contributed by atoms with Gasteiger partial charge < -0.3 is 5.11 Å². The van der Waals surface area contributed by atoms with E-state index in [0.717, 1.165) is 16.6 Å². The van der Waals surface area contributed by atoms with Gasteiger partial charge in [0.15, 0.2) is 0 Å². The third-order valence-electron chi connectivity index (χ3n) is 4.47. The smallest absolute Gasteiger partial charge is 0.123 e. The summed E-state index contributed by atoms with van der Waals surface area (Å²) in [6, 6.07) is 12.1. The Bertz CT molecular complexity index is 593. The number of phenols is 1. The lowest BCUT2D eigenvalue weighted by Gasteiger charge is -2.28. The SMILES string of the molecule is CCC1CCCC(Sc2ccc(O)c3ccccc23)C1. The molecule has 2 aromatic rings. The fourth-order valence-electron chi connectivity index (χ4n) is 3.26. The minimum atomic E-state index is 0.389. The molecule has 1 fully saturated rings. The van der Waals surface area contributed by atoms with Crippen molar-refractivity contribution in [3.63, 3.8) is 0 Å². The van der Waals surface area contributed by atoms with Crippen LogP contribution in [0.3, 0.4) is 0 Å². The highest BCUT2D eigenvalue weighted by Crippen LogP contribution is 2.41. The van der Waals surface area contributed by atoms with Gasteiger partial charge in [-0.3, -0.25) is 0 Å². The van der Waals surface area contributed by atoms with Crippen LogP contribution >= 0.6 is 11.8 Å². The molecule has 20 heavy (non-hydrogen) atoms. The molecule has 1 aliphatic rings. The number of hydrogen-bond acceptors (Lipinski definition) is 2. The van der Waals surface area contributed by atoms with Gasteiger partial charge in [0.25, 0.3) is 0 Å². The first-order valence-corrected chi connectivity index (χ1v) is 8.53. The highest BCUT2D eigenvalue weighted by molar-refractivity contribution is 8.00. The van der Waals surface area contributed by atoms with E-state index in [0.29, 0.717) is 5.75 Å². The molecule has 1 aliphatic carbocycles. The van der Waals surface area contributed by atoms with Crippen molar-refractivity contribution in [2.45, 2.75) is 49.2 Å². The Kier molecular flexibility index (Phi) is 4.21. The van der Waals surface area contributed by atoms with E-state index in [-0.39, 0.29) is 0 Å². The van der Waals surface area contributed by atoms with Gasteiger partial charge >= 0.3 is 0 Å². The van der Waals surface area contributed by atoms with E-state index in [2.05, 4.69) is 25.1 Å². The number of aromatic hydroxyl groups is 1. The summed E-state index contributed by atoms with van der Waals surface area (Å²) in [5, 5.41) is 12.9. The fraction of sp³-hybridized carbons (Fsp3) is 0.444. The number of benzene rings is 2. The van der Waals surface area contributed by atoms with Gasteiger partial charge in [0.05, 0.1) is 0 Å². The molecule has 1 nitrogen and oxygen atoms in total. The summed E-state index contributed by atoms with van der Waals surface area (Å²) < 4.78 is 0. The van der Waals surface area contributed by atoms with Crippen molar-refractivity contribution in [2.24, 2.45) is 5.92 Å². The fourth-order valence-corrected chi connectivity index (χ4v) is 4.72. The molecule has 0 saturated heterocycles. The van der Waals surface area contributed by atoms with E-state index in [1.54, 1.807) is 0 Å². The first kappa shape index (κ1) is 13.8. The predicted octanol–water partition coefficient (Wildman–Crippen LogP) is 5.61. The van der Waals surface area contributed by atoms with Crippen molar-refractivity contribution >= 4 is 22.5 Å². The molecule has 106 valence electrons. The molecular formula is C18H22OS. The van der Waals surface area contributed by atoms with Crippen LogP contribution in [0.25, 0.3) is 10.8 Å². The Morgan fingerprint density at radius 2 is 1.90 bits per heavy atom. The first-order valence-electron chi connectivity index (χ1n) is 7.65. The van der Waals surface area contributed by atoms with Crippen LogP contribution in [0.1, 0.15) is 39.0 Å². The molecule has 2 heteroatoms. The standard InChI is InChI=1S/C18H22OS/c1-2-13-6-5-7-14(12-13)20-18-11-10-17(19)15-8-3-4-9-16(15)18/h3-4,8-11,13-14,19H,2,5-7,12H2,1H3. The van der Waals surface area contributed by atoms with Crippen molar-refractivity contribution in [3.8, 4) is 5.75 Å². The number of phenolic OH excluding ortho intramolecular Hbond substituents is 1. The molecule has 3 rings (SSSR count). The minimum Gasteiger partial charge on any atom is -0.507 e. The number of rotatable bonds is 3.